The van der Waals surface area contributed by atoms with E-state index >= 15 is 0 Å². The predicted molar refractivity (Wildman–Crippen MR) is 94.8 cm³/mol. The highest BCUT2D eigenvalue weighted by molar-refractivity contribution is 8.15. The van der Waals surface area contributed by atoms with Crippen LogP contribution in [0.4, 0.5) is 4.79 Å². The van der Waals surface area contributed by atoms with Gasteiger partial charge in [-0.25, -0.2) is 4.98 Å². The molecule has 1 aliphatic heterocycles. The Morgan fingerprint density at radius 3 is 2.72 bits per heavy atom. The van der Waals surface area contributed by atoms with Gasteiger partial charge in [0.15, 0.2) is 5.89 Å². The quantitative estimate of drug-likeness (QED) is 0.779. The lowest BCUT2D eigenvalue weighted by Gasteiger charge is -2.08. The fourth-order valence-electron chi connectivity index (χ4n) is 2.53. The average Bonchev–Trinajstić information content (AvgIpc) is 3.16. The number of hydrogen-bond acceptors (Lipinski definition) is 6. The van der Waals surface area contributed by atoms with Crippen molar-refractivity contribution in [1.29, 1.82) is 0 Å². The van der Waals surface area contributed by atoms with Gasteiger partial charge in [-0.3, -0.25) is 14.9 Å². The first-order valence-corrected chi connectivity index (χ1v) is 9.18. The van der Waals surface area contributed by atoms with Crippen LogP contribution in [0.15, 0.2) is 34.9 Å². The molecule has 0 saturated carbocycles. The monoisotopic (exact) mass is 360 g/mol. The van der Waals surface area contributed by atoms with Crippen molar-refractivity contribution >= 4 is 22.9 Å². The highest BCUT2D eigenvalue weighted by atomic mass is 32.2. The van der Waals surface area contributed by atoms with Gasteiger partial charge >= 0.3 is 0 Å². The van der Waals surface area contributed by atoms with Crippen molar-refractivity contribution in [3.8, 4) is 5.75 Å². The van der Waals surface area contributed by atoms with Crippen molar-refractivity contribution in [3.63, 3.8) is 0 Å². The summed E-state index contributed by atoms with van der Waals surface area (Å²) in [7, 11) is 0. The second-order valence-electron chi connectivity index (χ2n) is 5.81. The minimum atomic E-state index is -0.344. The molecular weight excluding hydrogens is 340 g/mol. The standard InChI is InChI=1S/C18H20N2O4S/c1-2-3-16-19-13(11-24-16)8-9-23-14-6-4-12(5-7-14)10-15-17(21)20-18(22)25-15/h4-7,11,15H,2-3,8-10H2,1H3,(H,20,21,22). The molecule has 1 aliphatic rings. The molecule has 6 nitrogen and oxygen atoms in total. The fraction of sp³-hybridized carbons (Fsp3) is 0.389. The molecule has 1 atom stereocenters. The Morgan fingerprint density at radius 2 is 2.04 bits per heavy atom. The lowest BCUT2D eigenvalue weighted by atomic mass is 10.1. The van der Waals surface area contributed by atoms with Gasteiger partial charge in [-0.05, 0) is 30.5 Å². The number of carbonyl (C=O) groups excluding carboxylic acids is 2. The van der Waals surface area contributed by atoms with E-state index in [1.54, 1.807) is 6.26 Å². The van der Waals surface area contributed by atoms with E-state index in [9.17, 15) is 9.59 Å². The fourth-order valence-corrected chi connectivity index (χ4v) is 3.39. The molecule has 2 heterocycles. The number of hydrogen-bond donors (Lipinski definition) is 1. The summed E-state index contributed by atoms with van der Waals surface area (Å²) in [6.45, 7) is 2.61. The van der Waals surface area contributed by atoms with Crippen LogP contribution in [0.1, 0.15) is 30.5 Å². The van der Waals surface area contributed by atoms with Crippen LogP contribution in [0.2, 0.25) is 0 Å². The van der Waals surface area contributed by atoms with Crippen LogP contribution < -0.4 is 10.1 Å². The second-order valence-corrected chi connectivity index (χ2v) is 6.99. The van der Waals surface area contributed by atoms with Gasteiger partial charge in [0.25, 0.3) is 5.24 Å². The molecule has 0 bridgehead atoms. The van der Waals surface area contributed by atoms with E-state index in [2.05, 4.69) is 17.2 Å². The molecule has 2 aromatic rings. The smallest absolute Gasteiger partial charge is 0.286 e. The molecule has 1 saturated heterocycles. The lowest BCUT2D eigenvalue weighted by Crippen LogP contribution is -2.25. The van der Waals surface area contributed by atoms with E-state index in [0.717, 1.165) is 47.5 Å². The van der Waals surface area contributed by atoms with E-state index in [-0.39, 0.29) is 16.4 Å². The third kappa shape index (κ3) is 4.85. The summed E-state index contributed by atoms with van der Waals surface area (Å²) >= 11 is 1.04. The summed E-state index contributed by atoms with van der Waals surface area (Å²) < 4.78 is 11.1. The van der Waals surface area contributed by atoms with Gasteiger partial charge in [-0.2, -0.15) is 0 Å². The largest absolute Gasteiger partial charge is 0.493 e. The Hall–Kier alpha value is -2.28. The summed E-state index contributed by atoms with van der Waals surface area (Å²) in [6, 6.07) is 7.59. The number of nitrogens with zero attached hydrogens (tertiary/aromatic N) is 1. The number of oxazole rings is 1. The normalized spacial score (nSPS) is 16.9. The zero-order valence-electron chi connectivity index (χ0n) is 14.0. The minimum Gasteiger partial charge on any atom is -0.493 e. The Labute approximate surface area is 150 Å². The number of carbonyl (C=O) groups is 2. The van der Waals surface area contributed by atoms with Crippen molar-refractivity contribution in [2.75, 3.05) is 6.61 Å². The van der Waals surface area contributed by atoms with Crippen LogP contribution in [0, 0.1) is 0 Å². The maximum absolute atomic E-state index is 11.6. The van der Waals surface area contributed by atoms with Crippen molar-refractivity contribution in [2.45, 2.75) is 37.9 Å². The maximum Gasteiger partial charge on any atom is 0.286 e. The molecule has 0 radical (unpaired) electrons. The maximum atomic E-state index is 11.6. The van der Waals surface area contributed by atoms with Crippen molar-refractivity contribution < 1.29 is 18.7 Å². The first kappa shape index (κ1) is 17.5. The minimum absolute atomic E-state index is 0.217. The number of amides is 2. The van der Waals surface area contributed by atoms with E-state index in [0.29, 0.717) is 19.4 Å². The van der Waals surface area contributed by atoms with Crippen LogP contribution in [-0.4, -0.2) is 28.0 Å². The Balaban J connectivity index is 1.45. The van der Waals surface area contributed by atoms with Crippen LogP contribution in [0.3, 0.4) is 0 Å². The summed E-state index contributed by atoms with van der Waals surface area (Å²) in [5.74, 6) is 1.32. The number of aryl methyl sites for hydroxylation is 1. The summed E-state index contributed by atoms with van der Waals surface area (Å²) in [4.78, 5) is 27.2. The molecule has 0 spiro atoms. The number of imide groups is 1. The van der Waals surface area contributed by atoms with Crippen LogP contribution in [0.5, 0.6) is 5.75 Å². The molecule has 1 aromatic heterocycles. The summed E-state index contributed by atoms with van der Waals surface area (Å²) in [5.41, 5.74) is 1.89. The van der Waals surface area contributed by atoms with Gasteiger partial charge in [-0.15, -0.1) is 0 Å². The number of ether oxygens (including phenoxy) is 1. The molecule has 25 heavy (non-hydrogen) atoms. The van der Waals surface area contributed by atoms with Gasteiger partial charge in [-0.1, -0.05) is 30.8 Å². The van der Waals surface area contributed by atoms with Gasteiger partial charge in [0.2, 0.25) is 5.91 Å². The third-order valence-electron chi connectivity index (χ3n) is 3.80. The zero-order chi connectivity index (χ0) is 17.6. The summed E-state index contributed by atoms with van der Waals surface area (Å²) in [5, 5.41) is 1.68. The zero-order valence-corrected chi connectivity index (χ0v) is 14.8. The molecule has 1 N–H and O–H groups in total. The van der Waals surface area contributed by atoms with E-state index in [1.807, 2.05) is 24.3 Å². The van der Waals surface area contributed by atoms with Gasteiger partial charge < -0.3 is 9.15 Å². The number of rotatable bonds is 8. The van der Waals surface area contributed by atoms with Crippen molar-refractivity contribution in [3.05, 3.63) is 47.7 Å². The Morgan fingerprint density at radius 1 is 1.24 bits per heavy atom. The van der Waals surface area contributed by atoms with Gasteiger partial charge in [0, 0.05) is 12.8 Å². The van der Waals surface area contributed by atoms with Crippen LogP contribution in [0.25, 0.3) is 0 Å². The topological polar surface area (TPSA) is 81.4 Å². The SMILES string of the molecule is CCCc1nc(CCOc2ccc(CC3SC(=O)NC3=O)cc2)co1. The molecule has 1 fully saturated rings. The van der Waals surface area contributed by atoms with Crippen molar-refractivity contribution in [2.24, 2.45) is 0 Å². The number of thioether (sulfide) groups is 1. The molecule has 7 heteroatoms. The molecular formula is C18H20N2O4S. The van der Waals surface area contributed by atoms with Gasteiger partial charge in [0.1, 0.15) is 12.0 Å². The van der Waals surface area contributed by atoms with E-state index in [1.165, 1.54) is 0 Å². The Bertz CT molecular complexity index is 742. The molecule has 1 unspecified atom stereocenters. The van der Waals surface area contributed by atoms with Crippen LogP contribution in [-0.2, 0) is 24.1 Å². The van der Waals surface area contributed by atoms with Crippen molar-refractivity contribution in [1.82, 2.24) is 10.3 Å². The highest BCUT2D eigenvalue weighted by Crippen LogP contribution is 2.23. The molecule has 3 rings (SSSR count). The number of nitrogens with one attached hydrogen (secondary N) is 1. The molecule has 0 aliphatic carbocycles. The highest BCUT2D eigenvalue weighted by Gasteiger charge is 2.31. The third-order valence-corrected chi connectivity index (χ3v) is 4.78. The average molecular weight is 360 g/mol. The lowest BCUT2D eigenvalue weighted by molar-refractivity contribution is -0.118. The summed E-state index contributed by atoms with van der Waals surface area (Å²) in [6.07, 6.45) is 4.77. The molecule has 1 aromatic carbocycles. The second kappa shape index (κ2) is 8.20. The first-order valence-electron chi connectivity index (χ1n) is 8.30. The Kier molecular flexibility index (Phi) is 5.75. The van der Waals surface area contributed by atoms with Crippen LogP contribution >= 0.6 is 11.8 Å². The number of aromatic nitrogens is 1. The van der Waals surface area contributed by atoms with E-state index < -0.39 is 0 Å². The van der Waals surface area contributed by atoms with E-state index in [4.69, 9.17) is 9.15 Å². The molecule has 132 valence electrons. The van der Waals surface area contributed by atoms with Gasteiger partial charge in [0.05, 0.1) is 17.6 Å². The predicted octanol–water partition coefficient (Wildman–Crippen LogP) is 3.14. The first-order chi connectivity index (χ1) is 12.1. The molecule has 2 amide bonds. The number of benzene rings is 1.